The van der Waals surface area contributed by atoms with Crippen molar-refractivity contribution >= 4 is 5.97 Å². The summed E-state index contributed by atoms with van der Waals surface area (Å²) in [6.07, 6.45) is 2.60. The average Bonchev–Trinajstić information content (AvgIpc) is 2.20. The van der Waals surface area contributed by atoms with Crippen LogP contribution in [-0.4, -0.2) is 23.3 Å². The Morgan fingerprint density at radius 1 is 1.56 bits per heavy atom. The van der Waals surface area contributed by atoms with E-state index in [1.165, 1.54) is 7.11 Å². The highest BCUT2D eigenvalue weighted by Crippen LogP contribution is 2.26. The summed E-state index contributed by atoms with van der Waals surface area (Å²) in [5.41, 5.74) is 1.08. The first-order chi connectivity index (χ1) is 7.51. The number of carboxylic acid groups (broad SMARTS) is 1. The van der Waals surface area contributed by atoms with E-state index in [1.807, 2.05) is 12.1 Å². The SMILES string of the molecule is C=CCc1ccc(O)c(OC)c1.CC(=O)O. The number of aromatic hydroxyl groups is 1. The van der Waals surface area contributed by atoms with Gasteiger partial charge in [-0.05, 0) is 24.1 Å². The minimum atomic E-state index is -0.833. The molecule has 0 aliphatic carbocycles. The van der Waals surface area contributed by atoms with Crippen LogP contribution in [0.5, 0.6) is 11.5 Å². The molecule has 1 aromatic rings. The van der Waals surface area contributed by atoms with Crippen molar-refractivity contribution in [3.8, 4) is 11.5 Å². The molecule has 0 radical (unpaired) electrons. The molecule has 1 aromatic carbocycles. The van der Waals surface area contributed by atoms with Crippen molar-refractivity contribution in [3.05, 3.63) is 36.4 Å². The number of carboxylic acids is 1. The summed E-state index contributed by atoms with van der Waals surface area (Å²) in [6, 6.07) is 5.27. The lowest BCUT2D eigenvalue weighted by molar-refractivity contribution is -0.134. The van der Waals surface area contributed by atoms with Crippen LogP contribution in [0, 0.1) is 0 Å². The van der Waals surface area contributed by atoms with Gasteiger partial charge in [-0.3, -0.25) is 4.79 Å². The largest absolute Gasteiger partial charge is 0.504 e. The van der Waals surface area contributed by atoms with Crippen LogP contribution in [0.25, 0.3) is 0 Å². The maximum atomic E-state index is 9.25. The van der Waals surface area contributed by atoms with E-state index in [4.69, 9.17) is 14.6 Å². The van der Waals surface area contributed by atoms with E-state index in [-0.39, 0.29) is 5.75 Å². The molecule has 1 rings (SSSR count). The maximum Gasteiger partial charge on any atom is 0.300 e. The highest BCUT2D eigenvalue weighted by atomic mass is 16.5. The van der Waals surface area contributed by atoms with Gasteiger partial charge >= 0.3 is 0 Å². The van der Waals surface area contributed by atoms with Crippen molar-refractivity contribution in [2.45, 2.75) is 13.3 Å². The summed E-state index contributed by atoms with van der Waals surface area (Å²) in [7, 11) is 1.53. The molecule has 0 aliphatic rings. The smallest absolute Gasteiger partial charge is 0.300 e. The van der Waals surface area contributed by atoms with Crippen LogP contribution in [-0.2, 0) is 11.2 Å². The fraction of sp³-hybridized carbons (Fsp3) is 0.250. The number of benzene rings is 1. The van der Waals surface area contributed by atoms with Crippen LogP contribution in [0.4, 0.5) is 0 Å². The Morgan fingerprint density at radius 2 is 2.12 bits per heavy atom. The molecule has 0 unspecified atom stereocenters. The van der Waals surface area contributed by atoms with E-state index in [1.54, 1.807) is 12.1 Å². The van der Waals surface area contributed by atoms with Crippen LogP contribution in [0.2, 0.25) is 0 Å². The number of rotatable bonds is 3. The lowest BCUT2D eigenvalue weighted by atomic mass is 10.1. The second kappa shape index (κ2) is 7.34. The number of carbonyl (C=O) groups is 1. The van der Waals surface area contributed by atoms with Crippen LogP contribution in [0.15, 0.2) is 30.9 Å². The Morgan fingerprint density at radius 3 is 2.56 bits per heavy atom. The van der Waals surface area contributed by atoms with Gasteiger partial charge in [0, 0.05) is 6.92 Å². The molecule has 4 heteroatoms. The Bertz CT molecular complexity index is 354. The zero-order valence-electron chi connectivity index (χ0n) is 9.43. The van der Waals surface area contributed by atoms with Crippen molar-refractivity contribution in [3.63, 3.8) is 0 Å². The highest BCUT2D eigenvalue weighted by Gasteiger charge is 2.00. The fourth-order valence-electron chi connectivity index (χ4n) is 1.02. The number of allylic oxidation sites excluding steroid dienone is 1. The van der Waals surface area contributed by atoms with Crippen LogP contribution in [0.3, 0.4) is 0 Å². The van der Waals surface area contributed by atoms with Gasteiger partial charge < -0.3 is 14.9 Å². The molecule has 0 saturated heterocycles. The quantitative estimate of drug-likeness (QED) is 0.772. The first-order valence-corrected chi connectivity index (χ1v) is 4.67. The van der Waals surface area contributed by atoms with E-state index in [0.29, 0.717) is 5.75 Å². The standard InChI is InChI=1S/C10H12O2.C2H4O2/c1-3-4-8-5-6-9(11)10(7-8)12-2;1-2(3)4/h3,5-7,11H,1,4H2,2H3;1H3,(H,3,4). The molecule has 0 bridgehead atoms. The van der Waals surface area contributed by atoms with Gasteiger partial charge in [0.05, 0.1) is 7.11 Å². The van der Waals surface area contributed by atoms with Gasteiger partial charge in [0.25, 0.3) is 5.97 Å². The molecule has 4 nitrogen and oxygen atoms in total. The van der Waals surface area contributed by atoms with Gasteiger partial charge in [0.1, 0.15) is 0 Å². The predicted molar refractivity (Wildman–Crippen MR) is 61.9 cm³/mol. The normalized spacial score (nSPS) is 8.62. The Kier molecular flexibility index (Phi) is 6.43. The molecule has 0 amide bonds. The lowest BCUT2D eigenvalue weighted by Crippen LogP contribution is -1.86. The molecule has 0 saturated carbocycles. The van der Waals surface area contributed by atoms with Gasteiger partial charge in [-0.2, -0.15) is 0 Å². The Balaban J connectivity index is 0.000000487. The molecule has 0 spiro atoms. The summed E-state index contributed by atoms with van der Waals surface area (Å²) in [5.74, 6) is -0.153. The third-order valence-electron chi connectivity index (χ3n) is 1.62. The summed E-state index contributed by atoms with van der Waals surface area (Å²) in [4.78, 5) is 9.00. The lowest BCUT2D eigenvalue weighted by Gasteiger charge is -2.04. The molecule has 88 valence electrons. The van der Waals surface area contributed by atoms with Crippen molar-refractivity contribution < 1.29 is 19.7 Å². The number of phenols is 1. The number of aliphatic carboxylic acids is 1. The molecular formula is C12H16O4. The first-order valence-electron chi connectivity index (χ1n) is 4.67. The fourth-order valence-corrected chi connectivity index (χ4v) is 1.02. The summed E-state index contributed by atoms with van der Waals surface area (Å²) < 4.78 is 4.95. The van der Waals surface area contributed by atoms with Gasteiger partial charge in [-0.15, -0.1) is 6.58 Å². The van der Waals surface area contributed by atoms with E-state index in [9.17, 15) is 5.11 Å². The Labute approximate surface area is 94.8 Å². The van der Waals surface area contributed by atoms with Crippen molar-refractivity contribution in [1.82, 2.24) is 0 Å². The average molecular weight is 224 g/mol. The van der Waals surface area contributed by atoms with E-state index < -0.39 is 5.97 Å². The molecule has 2 N–H and O–H groups in total. The molecular weight excluding hydrogens is 208 g/mol. The maximum absolute atomic E-state index is 9.25. The first kappa shape index (κ1) is 14.0. The topological polar surface area (TPSA) is 66.8 Å². The van der Waals surface area contributed by atoms with Crippen LogP contribution >= 0.6 is 0 Å². The van der Waals surface area contributed by atoms with E-state index in [0.717, 1.165) is 18.9 Å². The van der Waals surface area contributed by atoms with Gasteiger partial charge in [0.15, 0.2) is 11.5 Å². The Hall–Kier alpha value is -1.97. The second-order valence-electron chi connectivity index (χ2n) is 3.02. The van der Waals surface area contributed by atoms with Gasteiger partial charge in [-0.1, -0.05) is 12.1 Å². The number of hydrogen-bond acceptors (Lipinski definition) is 3. The highest BCUT2D eigenvalue weighted by molar-refractivity contribution is 5.62. The van der Waals surface area contributed by atoms with Crippen molar-refractivity contribution in [1.29, 1.82) is 0 Å². The molecule has 0 fully saturated rings. The number of phenolic OH excluding ortho intramolecular Hbond substituents is 1. The molecule has 16 heavy (non-hydrogen) atoms. The summed E-state index contributed by atoms with van der Waals surface area (Å²) >= 11 is 0. The number of methoxy groups -OCH3 is 1. The zero-order chi connectivity index (χ0) is 12.6. The summed E-state index contributed by atoms with van der Waals surface area (Å²) in [6.45, 7) is 4.71. The molecule has 0 heterocycles. The third kappa shape index (κ3) is 5.70. The van der Waals surface area contributed by atoms with E-state index >= 15 is 0 Å². The number of hydrogen-bond donors (Lipinski definition) is 2. The predicted octanol–water partition coefficient (Wildman–Crippen LogP) is 2.22. The second-order valence-corrected chi connectivity index (χ2v) is 3.02. The summed E-state index contributed by atoms with van der Waals surface area (Å²) in [5, 5.41) is 16.7. The van der Waals surface area contributed by atoms with Gasteiger partial charge in [0.2, 0.25) is 0 Å². The minimum Gasteiger partial charge on any atom is -0.504 e. The van der Waals surface area contributed by atoms with Crippen molar-refractivity contribution in [2.24, 2.45) is 0 Å². The zero-order valence-corrected chi connectivity index (χ0v) is 9.43. The number of ether oxygens (including phenoxy) is 1. The molecule has 0 atom stereocenters. The molecule has 0 aromatic heterocycles. The molecule has 0 aliphatic heterocycles. The van der Waals surface area contributed by atoms with Crippen LogP contribution < -0.4 is 4.74 Å². The van der Waals surface area contributed by atoms with Gasteiger partial charge in [-0.25, -0.2) is 0 Å². The van der Waals surface area contributed by atoms with Crippen molar-refractivity contribution in [2.75, 3.05) is 7.11 Å². The monoisotopic (exact) mass is 224 g/mol. The third-order valence-corrected chi connectivity index (χ3v) is 1.62. The van der Waals surface area contributed by atoms with E-state index in [2.05, 4.69) is 6.58 Å². The van der Waals surface area contributed by atoms with Crippen LogP contribution in [0.1, 0.15) is 12.5 Å². The minimum absolute atomic E-state index is 0.172.